The van der Waals surface area contributed by atoms with E-state index in [1.54, 1.807) is 17.0 Å². The Morgan fingerprint density at radius 1 is 1.04 bits per heavy atom. The molecule has 2 rings (SSSR count). The summed E-state index contributed by atoms with van der Waals surface area (Å²) in [6, 6.07) is 15.9. The lowest BCUT2D eigenvalue weighted by Crippen LogP contribution is -2.39. The van der Waals surface area contributed by atoms with E-state index in [4.69, 9.17) is 10.5 Å². The van der Waals surface area contributed by atoms with Crippen molar-refractivity contribution in [3.05, 3.63) is 66.0 Å². The predicted octanol–water partition coefficient (Wildman–Crippen LogP) is 2.23. The molecule has 0 fully saturated rings. The van der Waals surface area contributed by atoms with Crippen molar-refractivity contribution in [2.24, 2.45) is 5.73 Å². The van der Waals surface area contributed by atoms with Crippen LogP contribution in [0, 0.1) is 5.82 Å². The predicted molar refractivity (Wildman–Crippen MR) is 87.7 cm³/mol. The molecule has 1 amide bonds. The standard InChI is InChI=1S/C18H21FN2O2/c19-16-8-4-5-9-17(16)23-14-18(22)21(13-11-20)12-10-15-6-2-1-3-7-15/h1-9H,10-14,20H2. The van der Waals surface area contributed by atoms with Crippen molar-refractivity contribution in [3.63, 3.8) is 0 Å². The second kappa shape index (κ2) is 8.90. The maximum Gasteiger partial charge on any atom is 0.260 e. The van der Waals surface area contributed by atoms with Crippen LogP contribution in [0.15, 0.2) is 54.6 Å². The van der Waals surface area contributed by atoms with Gasteiger partial charge < -0.3 is 15.4 Å². The molecule has 0 radical (unpaired) electrons. The maximum atomic E-state index is 13.5. The molecule has 122 valence electrons. The molecule has 4 nitrogen and oxygen atoms in total. The summed E-state index contributed by atoms with van der Waals surface area (Å²) in [5.41, 5.74) is 6.72. The Morgan fingerprint density at radius 3 is 2.43 bits per heavy atom. The van der Waals surface area contributed by atoms with E-state index in [1.165, 1.54) is 12.1 Å². The number of benzene rings is 2. The van der Waals surface area contributed by atoms with Crippen LogP contribution < -0.4 is 10.5 Å². The molecular weight excluding hydrogens is 295 g/mol. The Morgan fingerprint density at radius 2 is 1.74 bits per heavy atom. The Labute approximate surface area is 135 Å². The molecule has 0 aliphatic carbocycles. The highest BCUT2D eigenvalue weighted by Gasteiger charge is 2.14. The van der Waals surface area contributed by atoms with Gasteiger partial charge in [-0.15, -0.1) is 0 Å². The van der Waals surface area contributed by atoms with Gasteiger partial charge in [0, 0.05) is 19.6 Å². The number of carbonyl (C=O) groups excluding carboxylic acids is 1. The van der Waals surface area contributed by atoms with E-state index in [1.807, 2.05) is 30.3 Å². The summed E-state index contributed by atoms with van der Waals surface area (Å²) in [4.78, 5) is 13.9. The Bertz CT molecular complexity index is 619. The van der Waals surface area contributed by atoms with Crippen LogP contribution in [-0.4, -0.2) is 37.0 Å². The number of nitrogens with zero attached hydrogens (tertiary/aromatic N) is 1. The lowest BCUT2D eigenvalue weighted by molar-refractivity contribution is -0.133. The van der Waals surface area contributed by atoms with Gasteiger partial charge in [-0.25, -0.2) is 4.39 Å². The normalized spacial score (nSPS) is 10.3. The summed E-state index contributed by atoms with van der Waals surface area (Å²) >= 11 is 0. The zero-order valence-corrected chi connectivity index (χ0v) is 13.0. The number of hydrogen-bond donors (Lipinski definition) is 1. The lowest BCUT2D eigenvalue weighted by atomic mass is 10.1. The van der Waals surface area contributed by atoms with E-state index in [0.29, 0.717) is 19.6 Å². The van der Waals surface area contributed by atoms with Crippen molar-refractivity contribution in [1.29, 1.82) is 0 Å². The number of para-hydroxylation sites is 1. The number of rotatable bonds is 8. The number of ether oxygens (including phenoxy) is 1. The molecule has 0 aliphatic heterocycles. The molecule has 23 heavy (non-hydrogen) atoms. The molecule has 0 spiro atoms. The van der Waals surface area contributed by atoms with Crippen LogP contribution in [0.1, 0.15) is 5.56 Å². The number of nitrogens with two attached hydrogens (primary N) is 1. The monoisotopic (exact) mass is 316 g/mol. The van der Waals surface area contributed by atoms with Crippen LogP contribution in [0.2, 0.25) is 0 Å². The second-order valence-electron chi connectivity index (χ2n) is 5.12. The minimum atomic E-state index is -0.477. The van der Waals surface area contributed by atoms with Crippen molar-refractivity contribution in [2.75, 3.05) is 26.2 Å². The third-order valence-corrected chi connectivity index (χ3v) is 3.45. The molecule has 0 unspecified atom stereocenters. The first kappa shape index (κ1) is 17.0. The average molecular weight is 316 g/mol. The first-order valence-electron chi connectivity index (χ1n) is 7.60. The topological polar surface area (TPSA) is 55.6 Å². The van der Waals surface area contributed by atoms with Gasteiger partial charge in [-0.1, -0.05) is 42.5 Å². The molecule has 0 bridgehead atoms. The van der Waals surface area contributed by atoms with Crippen molar-refractivity contribution >= 4 is 5.91 Å². The minimum Gasteiger partial charge on any atom is -0.481 e. The number of amides is 1. The minimum absolute atomic E-state index is 0.0802. The molecule has 0 aromatic heterocycles. The van der Waals surface area contributed by atoms with Crippen LogP contribution >= 0.6 is 0 Å². The lowest BCUT2D eigenvalue weighted by Gasteiger charge is -2.22. The summed E-state index contributed by atoms with van der Waals surface area (Å²) in [5.74, 6) is -0.596. The van der Waals surface area contributed by atoms with Crippen LogP contribution in [0.3, 0.4) is 0 Å². The summed E-state index contributed by atoms with van der Waals surface area (Å²) in [6.07, 6.45) is 0.742. The fraction of sp³-hybridized carbons (Fsp3) is 0.278. The smallest absolute Gasteiger partial charge is 0.260 e. The molecular formula is C18H21FN2O2. The van der Waals surface area contributed by atoms with Gasteiger partial charge in [0.2, 0.25) is 0 Å². The fourth-order valence-electron chi connectivity index (χ4n) is 2.22. The molecule has 0 saturated heterocycles. The molecule has 0 saturated carbocycles. The highest BCUT2D eigenvalue weighted by molar-refractivity contribution is 5.77. The molecule has 0 heterocycles. The fourth-order valence-corrected chi connectivity index (χ4v) is 2.22. The van der Waals surface area contributed by atoms with E-state index in [9.17, 15) is 9.18 Å². The second-order valence-corrected chi connectivity index (χ2v) is 5.12. The van der Waals surface area contributed by atoms with Gasteiger partial charge in [0.15, 0.2) is 18.2 Å². The first-order chi connectivity index (χ1) is 11.2. The summed E-state index contributed by atoms with van der Waals surface area (Å²) in [5, 5.41) is 0. The van der Waals surface area contributed by atoms with E-state index in [2.05, 4.69) is 0 Å². The number of halogens is 1. The van der Waals surface area contributed by atoms with Gasteiger partial charge in [0.25, 0.3) is 5.91 Å². The quantitative estimate of drug-likeness (QED) is 0.812. The van der Waals surface area contributed by atoms with Gasteiger partial charge in [0.1, 0.15) is 0 Å². The van der Waals surface area contributed by atoms with Crippen molar-refractivity contribution in [3.8, 4) is 5.75 Å². The summed E-state index contributed by atoms with van der Waals surface area (Å²) in [7, 11) is 0. The Kier molecular flexibility index (Phi) is 6.56. The third kappa shape index (κ3) is 5.38. The van der Waals surface area contributed by atoms with E-state index >= 15 is 0 Å². The average Bonchev–Trinajstić information content (AvgIpc) is 2.58. The van der Waals surface area contributed by atoms with Gasteiger partial charge in [-0.2, -0.15) is 0 Å². The first-order valence-corrected chi connectivity index (χ1v) is 7.60. The zero-order valence-electron chi connectivity index (χ0n) is 13.0. The molecule has 2 aromatic carbocycles. The molecule has 2 aromatic rings. The number of hydrogen-bond acceptors (Lipinski definition) is 3. The largest absolute Gasteiger partial charge is 0.481 e. The van der Waals surface area contributed by atoms with Crippen molar-refractivity contribution in [1.82, 2.24) is 4.90 Å². The van der Waals surface area contributed by atoms with Crippen LogP contribution in [-0.2, 0) is 11.2 Å². The van der Waals surface area contributed by atoms with Gasteiger partial charge >= 0.3 is 0 Å². The van der Waals surface area contributed by atoms with Crippen molar-refractivity contribution < 1.29 is 13.9 Å². The molecule has 5 heteroatoms. The maximum absolute atomic E-state index is 13.5. The summed E-state index contributed by atoms with van der Waals surface area (Å²) in [6.45, 7) is 1.18. The van der Waals surface area contributed by atoms with Crippen LogP contribution in [0.25, 0.3) is 0 Å². The Hall–Kier alpha value is -2.40. The highest BCUT2D eigenvalue weighted by atomic mass is 19.1. The summed E-state index contributed by atoms with van der Waals surface area (Å²) < 4.78 is 18.8. The molecule has 2 N–H and O–H groups in total. The Balaban J connectivity index is 1.89. The van der Waals surface area contributed by atoms with Crippen LogP contribution in [0.5, 0.6) is 5.75 Å². The SMILES string of the molecule is NCCN(CCc1ccccc1)C(=O)COc1ccccc1F. The molecule has 0 atom stereocenters. The number of carbonyl (C=O) groups is 1. The van der Waals surface area contributed by atoms with Gasteiger partial charge in [-0.3, -0.25) is 4.79 Å². The van der Waals surface area contributed by atoms with Gasteiger partial charge in [0.05, 0.1) is 0 Å². The van der Waals surface area contributed by atoms with Gasteiger partial charge in [-0.05, 0) is 24.1 Å². The highest BCUT2D eigenvalue weighted by Crippen LogP contribution is 2.15. The van der Waals surface area contributed by atoms with Crippen molar-refractivity contribution in [2.45, 2.75) is 6.42 Å². The third-order valence-electron chi connectivity index (χ3n) is 3.45. The molecule has 0 aliphatic rings. The zero-order chi connectivity index (χ0) is 16.5. The van der Waals surface area contributed by atoms with Crippen LogP contribution in [0.4, 0.5) is 4.39 Å². The van der Waals surface area contributed by atoms with E-state index < -0.39 is 5.82 Å². The van der Waals surface area contributed by atoms with E-state index in [-0.39, 0.29) is 18.3 Å². The van der Waals surface area contributed by atoms with E-state index in [0.717, 1.165) is 12.0 Å².